The summed E-state index contributed by atoms with van der Waals surface area (Å²) in [6.07, 6.45) is -1.41. The molecular weight excluding hydrogens is 464 g/mol. The molecule has 10 heteroatoms. The van der Waals surface area contributed by atoms with Gasteiger partial charge in [-0.05, 0) is 52.7 Å². The van der Waals surface area contributed by atoms with Gasteiger partial charge in [0.2, 0.25) is 5.88 Å². The van der Waals surface area contributed by atoms with Gasteiger partial charge in [0.25, 0.3) is 5.56 Å². The van der Waals surface area contributed by atoms with E-state index in [9.17, 15) is 23.5 Å². The van der Waals surface area contributed by atoms with Gasteiger partial charge in [-0.2, -0.15) is 4.98 Å². The highest BCUT2D eigenvalue weighted by Crippen LogP contribution is 2.22. The van der Waals surface area contributed by atoms with E-state index in [1.54, 1.807) is 31.2 Å². The zero-order chi connectivity index (χ0) is 21.8. The summed E-state index contributed by atoms with van der Waals surface area (Å²) in [4.78, 5) is 27.7. The van der Waals surface area contributed by atoms with E-state index in [4.69, 9.17) is 4.74 Å². The molecule has 0 saturated carbocycles. The van der Waals surface area contributed by atoms with Crippen molar-refractivity contribution in [3.8, 4) is 11.6 Å². The van der Waals surface area contributed by atoms with Crippen LogP contribution in [-0.2, 0) is 13.2 Å². The number of halogens is 3. The zero-order valence-electron chi connectivity index (χ0n) is 15.6. The molecule has 7 nitrogen and oxygen atoms in total. The molecule has 3 aromatic rings. The number of nitrogens with zero attached hydrogens (tertiary/aromatic N) is 2. The first-order valence-corrected chi connectivity index (χ1v) is 9.45. The lowest BCUT2D eigenvalue weighted by atomic mass is 10.2. The Hall–Kier alpha value is -3.27. The summed E-state index contributed by atoms with van der Waals surface area (Å²) in [6, 6.07) is 9.76. The Balaban J connectivity index is 1.89. The molecule has 0 saturated heterocycles. The van der Waals surface area contributed by atoms with E-state index in [2.05, 4.69) is 26.2 Å². The van der Waals surface area contributed by atoms with Gasteiger partial charge in [0.05, 0.1) is 5.69 Å². The van der Waals surface area contributed by atoms with Crippen LogP contribution < -0.4 is 20.7 Å². The minimum Gasteiger partial charge on any atom is -0.530 e. The summed E-state index contributed by atoms with van der Waals surface area (Å²) in [5.74, 6) is -1.21. The molecular formula is C20H15BrF2N3O4-. The number of aromatic nitrogens is 2. The van der Waals surface area contributed by atoms with Crippen molar-refractivity contribution in [2.24, 2.45) is 0 Å². The third kappa shape index (κ3) is 4.82. The molecule has 0 fully saturated rings. The van der Waals surface area contributed by atoms with E-state index in [-0.39, 0.29) is 29.1 Å². The number of benzene rings is 2. The molecule has 0 spiro atoms. The van der Waals surface area contributed by atoms with Crippen molar-refractivity contribution in [3.63, 3.8) is 0 Å². The summed E-state index contributed by atoms with van der Waals surface area (Å²) in [5, 5.41) is 12.7. The number of hydrogen-bond acceptors (Lipinski definition) is 5. The zero-order valence-corrected chi connectivity index (χ0v) is 17.2. The molecule has 0 aliphatic carbocycles. The topological polar surface area (TPSA) is 96.3 Å². The van der Waals surface area contributed by atoms with Crippen molar-refractivity contribution in [2.75, 3.05) is 0 Å². The molecule has 0 unspecified atom stereocenters. The fourth-order valence-corrected chi connectivity index (χ4v) is 3.13. The van der Waals surface area contributed by atoms with Crippen LogP contribution in [0.4, 0.5) is 13.6 Å². The molecule has 2 aromatic carbocycles. The van der Waals surface area contributed by atoms with Crippen molar-refractivity contribution >= 4 is 22.0 Å². The van der Waals surface area contributed by atoms with Crippen molar-refractivity contribution < 1.29 is 23.4 Å². The van der Waals surface area contributed by atoms with Crippen molar-refractivity contribution in [2.45, 2.75) is 20.1 Å². The molecule has 0 radical (unpaired) electrons. The Morgan fingerprint density at radius 2 is 2.03 bits per heavy atom. The van der Waals surface area contributed by atoms with E-state index < -0.39 is 23.3 Å². The summed E-state index contributed by atoms with van der Waals surface area (Å²) in [5.41, 5.74) is 0.729. The van der Waals surface area contributed by atoms with Crippen LogP contribution in [0.1, 0.15) is 17.0 Å². The average molecular weight is 479 g/mol. The maximum Gasteiger partial charge on any atom is 0.276 e. The Bertz CT molecular complexity index is 1170. The third-order valence-corrected chi connectivity index (χ3v) is 4.83. The van der Waals surface area contributed by atoms with Gasteiger partial charge in [0, 0.05) is 18.2 Å². The monoisotopic (exact) mass is 478 g/mol. The number of carboxylic acid groups (broad SMARTS) is 1. The summed E-state index contributed by atoms with van der Waals surface area (Å²) in [6.45, 7) is 1.36. The smallest absolute Gasteiger partial charge is 0.276 e. The largest absolute Gasteiger partial charge is 0.530 e. The van der Waals surface area contributed by atoms with Crippen LogP contribution in [0.2, 0.25) is 0 Å². The average Bonchev–Trinajstić information content (AvgIpc) is 2.69. The number of hydrogen-bond donors (Lipinski definition) is 1. The Morgan fingerprint density at radius 1 is 1.27 bits per heavy atom. The van der Waals surface area contributed by atoms with Gasteiger partial charge >= 0.3 is 0 Å². The quantitative estimate of drug-likeness (QED) is 0.587. The summed E-state index contributed by atoms with van der Waals surface area (Å²) < 4.78 is 33.6. The number of nitrogens with one attached hydrogen (secondary N) is 1. The van der Waals surface area contributed by atoms with Gasteiger partial charge in [-0.3, -0.25) is 9.36 Å². The molecule has 1 heterocycles. The van der Waals surface area contributed by atoms with Gasteiger partial charge in [-0.25, -0.2) is 8.78 Å². The van der Waals surface area contributed by atoms with Crippen LogP contribution in [0.15, 0.2) is 51.7 Å². The Labute approximate surface area is 178 Å². The van der Waals surface area contributed by atoms with Gasteiger partial charge < -0.3 is 20.0 Å². The fraction of sp³-hybridized carbons (Fsp3) is 0.150. The number of rotatable bonds is 6. The number of carbonyl (C=O) groups is 1. The molecule has 0 bridgehead atoms. The van der Waals surface area contributed by atoms with Gasteiger partial charge in [-0.15, -0.1) is 0 Å². The fourth-order valence-electron chi connectivity index (χ4n) is 2.75. The van der Waals surface area contributed by atoms with Crippen LogP contribution in [0.3, 0.4) is 0 Å². The highest BCUT2D eigenvalue weighted by molar-refractivity contribution is 9.10. The molecule has 1 amide bonds. The second-order valence-corrected chi connectivity index (χ2v) is 7.05. The van der Waals surface area contributed by atoms with Crippen molar-refractivity contribution in [3.05, 3.63) is 85.9 Å². The molecule has 1 aromatic heterocycles. The lowest BCUT2D eigenvalue weighted by molar-refractivity contribution is -0.251. The maximum absolute atomic E-state index is 13.8. The Morgan fingerprint density at radius 3 is 2.73 bits per heavy atom. The SMILES string of the molecule is Cc1nc(OCc2ccc(F)cc2F)c(Br)c(=O)n1-c1cccc(CNC(=O)[O-])c1. The number of amides is 1. The van der Waals surface area contributed by atoms with Crippen LogP contribution in [-0.4, -0.2) is 15.6 Å². The lowest BCUT2D eigenvalue weighted by Crippen LogP contribution is -2.35. The standard InChI is InChI=1S/C20H16BrF2N3O4/c1-11-25-18(30-10-13-5-6-14(22)8-16(13)23)17(21)19(27)26(11)15-4-2-3-12(7-15)9-24-20(28)29/h2-8,24H,9-10H2,1H3,(H,28,29)/p-1. The molecule has 30 heavy (non-hydrogen) atoms. The second kappa shape index (κ2) is 9.04. The van der Waals surface area contributed by atoms with Crippen molar-refractivity contribution in [1.82, 2.24) is 14.9 Å². The molecule has 1 N–H and O–H groups in total. The minimum absolute atomic E-state index is 0.0169. The summed E-state index contributed by atoms with van der Waals surface area (Å²) >= 11 is 3.16. The second-order valence-electron chi connectivity index (χ2n) is 6.25. The van der Waals surface area contributed by atoms with E-state index in [1.807, 2.05) is 0 Å². The predicted octanol–water partition coefficient (Wildman–Crippen LogP) is 2.59. The molecule has 3 rings (SSSR count). The van der Waals surface area contributed by atoms with Crippen LogP contribution in [0.25, 0.3) is 5.69 Å². The third-order valence-electron chi connectivity index (χ3n) is 4.15. The normalized spacial score (nSPS) is 10.7. The molecule has 0 aliphatic heterocycles. The number of carbonyl (C=O) groups excluding carboxylic acids is 1. The Kier molecular flexibility index (Phi) is 6.46. The van der Waals surface area contributed by atoms with Gasteiger partial charge in [0.15, 0.2) is 0 Å². The van der Waals surface area contributed by atoms with Gasteiger partial charge in [0.1, 0.15) is 34.6 Å². The van der Waals surface area contributed by atoms with Crippen LogP contribution in [0.5, 0.6) is 5.88 Å². The number of ether oxygens (including phenoxy) is 1. The predicted molar refractivity (Wildman–Crippen MR) is 105 cm³/mol. The number of aryl methyl sites for hydroxylation is 1. The lowest BCUT2D eigenvalue weighted by Gasteiger charge is -2.15. The minimum atomic E-state index is -1.41. The first kappa shape index (κ1) is 21.4. The highest BCUT2D eigenvalue weighted by atomic mass is 79.9. The maximum atomic E-state index is 13.8. The van der Waals surface area contributed by atoms with Crippen molar-refractivity contribution in [1.29, 1.82) is 0 Å². The highest BCUT2D eigenvalue weighted by Gasteiger charge is 2.16. The molecule has 0 aliphatic rings. The first-order valence-electron chi connectivity index (χ1n) is 8.66. The van der Waals surface area contributed by atoms with Gasteiger partial charge in [-0.1, -0.05) is 12.1 Å². The van der Waals surface area contributed by atoms with Crippen LogP contribution in [0, 0.1) is 18.6 Å². The van der Waals surface area contributed by atoms with E-state index in [1.165, 1.54) is 10.6 Å². The molecule has 156 valence electrons. The van der Waals surface area contributed by atoms with E-state index in [0.29, 0.717) is 17.1 Å². The van der Waals surface area contributed by atoms with E-state index in [0.717, 1.165) is 12.1 Å². The summed E-state index contributed by atoms with van der Waals surface area (Å²) in [7, 11) is 0. The first-order chi connectivity index (χ1) is 14.3. The van der Waals surface area contributed by atoms with E-state index >= 15 is 0 Å². The molecule has 0 atom stereocenters. The van der Waals surface area contributed by atoms with Crippen LogP contribution >= 0.6 is 15.9 Å².